The lowest BCUT2D eigenvalue weighted by Gasteiger charge is -2.17. The highest BCUT2D eigenvalue weighted by molar-refractivity contribution is 5.81. The predicted molar refractivity (Wildman–Crippen MR) is 106 cm³/mol. The van der Waals surface area contributed by atoms with Gasteiger partial charge in [-0.1, -0.05) is 18.1 Å². The van der Waals surface area contributed by atoms with Gasteiger partial charge in [-0.3, -0.25) is 4.79 Å². The molecule has 2 aromatic carbocycles. The zero-order valence-electron chi connectivity index (χ0n) is 16.5. The van der Waals surface area contributed by atoms with Crippen LogP contribution in [-0.2, 0) is 11.3 Å². The molecule has 0 fully saturated rings. The minimum absolute atomic E-state index is 0.111. The largest absolute Gasteiger partial charge is 0.497 e. The Morgan fingerprint density at radius 2 is 1.79 bits per heavy atom. The lowest BCUT2D eigenvalue weighted by atomic mass is 10.2. The van der Waals surface area contributed by atoms with Crippen LogP contribution in [0.1, 0.15) is 19.2 Å². The molecule has 3 rings (SSSR count). The normalized spacial score (nSPS) is 11.6. The van der Waals surface area contributed by atoms with Gasteiger partial charge in [0.25, 0.3) is 5.91 Å². The Bertz CT molecular complexity index is 939. The number of hydrogen-bond donors (Lipinski definition) is 1. The number of methoxy groups -OCH3 is 2. The summed E-state index contributed by atoms with van der Waals surface area (Å²) >= 11 is 0. The van der Waals surface area contributed by atoms with E-state index in [1.54, 1.807) is 32.4 Å². The quantitative estimate of drug-likeness (QED) is 0.592. The summed E-state index contributed by atoms with van der Waals surface area (Å²) in [6, 6.07) is 14.4. The molecular formula is C21H23N3O5. The van der Waals surface area contributed by atoms with Crippen LogP contribution < -0.4 is 19.5 Å². The molecule has 0 bridgehead atoms. The van der Waals surface area contributed by atoms with Gasteiger partial charge >= 0.3 is 0 Å². The first kappa shape index (κ1) is 20.2. The van der Waals surface area contributed by atoms with Gasteiger partial charge < -0.3 is 24.1 Å². The van der Waals surface area contributed by atoms with Crippen molar-refractivity contribution in [2.24, 2.45) is 0 Å². The first-order chi connectivity index (χ1) is 14.1. The van der Waals surface area contributed by atoms with Crippen LogP contribution in [0, 0.1) is 0 Å². The van der Waals surface area contributed by atoms with Crippen molar-refractivity contribution in [3.63, 3.8) is 0 Å². The van der Waals surface area contributed by atoms with Gasteiger partial charge in [-0.05, 0) is 42.8 Å². The van der Waals surface area contributed by atoms with Crippen molar-refractivity contribution in [2.45, 2.75) is 26.0 Å². The molecule has 8 heteroatoms. The Morgan fingerprint density at radius 1 is 1.07 bits per heavy atom. The molecular weight excluding hydrogens is 374 g/mol. The molecule has 0 aliphatic rings. The third-order valence-electron chi connectivity index (χ3n) is 4.21. The summed E-state index contributed by atoms with van der Waals surface area (Å²) in [7, 11) is 3.18. The zero-order valence-corrected chi connectivity index (χ0v) is 16.5. The van der Waals surface area contributed by atoms with E-state index in [0.29, 0.717) is 29.6 Å². The second-order valence-electron chi connectivity index (χ2n) is 6.15. The summed E-state index contributed by atoms with van der Waals surface area (Å²) in [6.45, 7) is 1.98. The lowest BCUT2D eigenvalue weighted by Crippen LogP contribution is -2.37. The van der Waals surface area contributed by atoms with Crippen LogP contribution in [0.4, 0.5) is 0 Å². The smallest absolute Gasteiger partial charge is 0.261 e. The van der Waals surface area contributed by atoms with E-state index in [0.717, 1.165) is 11.3 Å². The van der Waals surface area contributed by atoms with Crippen molar-refractivity contribution in [1.82, 2.24) is 15.5 Å². The van der Waals surface area contributed by atoms with Crippen molar-refractivity contribution in [2.75, 3.05) is 14.2 Å². The maximum absolute atomic E-state index is 12.5. The van der Waals surface area contributed by atoms with Crippen LogP contribution in [-0.4, -0.2) is 36.4 Å². The van der Waals surface area contributed by atoms with Crippen LogP contribution in [0.5, 0.6) is 17.2 Å². The molecule has 0 aliphatic carbocycles. The number of amides is 1. The van der Waals surface area contributed by atoms with E-state index < -0.39 is 6.10 Å². The molecule has 0 saturated carbocycles. The number of ether oxygens (including phenoxy) is 3. The third kappa shape index (κ3) is 5.25. The number of benzene rings is 2. The monoisotopic (exact) mass is 397 g/mol. The van der Waals surface area contributed by atoms with Crippen molar-refractivity contribution in [3.05, 3.63) is 54.4 Å². The molecule has 3 aromatic rings. The molecule has 1 unspecified atom stereocenters. The van der Waals surface area contributed by atoms with E-state index >= 15 is 0 Å². The minimum atomic E-state index is -0.647. The standard InChI is InChI=1S/C21H23N3O5/c1-4-18(28-17-7-5-6-16(12-17)27-3)21(25)22-13-19-23-20(24-29-19)14-8-10-15(26-2)11-9-14/h5-12,18H,4,13H2,1-3H3,(H,22,25). The second kappa shape index (κ2) is 9.59. The third-order valence-corrected chi connectivity index (χ3v) is 4.21. The SMILES string of the molecule is CCC(Oc1cccc(OC)c1)C(=O)NCc1nc(-c2ccc(OC)cc2)no1. The predicted octanol–water partition coefficient (Wildman–Crippen LogP) is 3.23. The van der Waals surface area contributed by atoms with Crippen LogP contribution in [0.25, 0.3) is 11.4 Å². The highest BCUT2D eigenvalue weighted by atomic mass is 16.5. The summed E-state index contributed by atoms with van der Waals surface area (Å²) in [5.41, 5.74) is 0.792. The molecule has 1 N–H and O–H groups in total. The minimum Gasteiger partial charge on any atom is -0.497 e. The van der Waals surface area contributed by atoms with Crippen LogP contribution >= 0.6 is 0 Å². The Labute approximate surface area is 168 Å². The van der Waals surface area contributed by atoms with Crippen molar-refractivity contribution >= 4 is 5.91 Å². The van der Waals surface area contributed by atoms with Gasteiger partial charge in [0, 0.05) is 11.6 Å². The fourth-order valence-electron chi connectivity index (χ4n) is 2.62. The van der Waals surface area contributed by atoms with Crippen LogP contribution in [0.15, 0.2) is 53.1 Å². The average molecular weight is 397 g/mol. The van der Waals surface area contributed by atoms with Gasteiger partial charge in [-0.2, -0.15) is 4.98 Å². The zero-order chi connectivity index (χ0) is 20.6. The topological polar surface area (TPSA) is 95.7 Å². The Morgan fingerprint density at radius 3 is 2.48 bits per heavy atom. The first-order valence-corrected chi connectivity index (χ1v) is 9.18. The number of carbonyl (C=O) groups excluding carboxylic acids is 1. The molecule has 8 nitrogen and oxygen atoms in total. The number of nitrogens with one attached hydrogen (secondary N) is 1. The molecule has 1 amide bonds. The lowest BCUT2D eigenvalue weighted by molar-refractivity contribution is -0.128. The molecule has 1 atom stereocenters. The number of nitrogens with zero attached hydrogens (tertiary/aromatic N) is 2. The van der Waals surface area contributed by atoms with Crippen molar-refractivity contribution < 1.29 is 23.5 Å². The van der Waals surface area contributed by atoms with E-state index in [1.165, 1.54) is 0 Å². The molecule has 0 spiro atoms. The van der Waals surface area contributed by atoms with E-state index in [1.807, 2.05) is 37.3 Å². The summed E-state index contributed by atoms with van der Waals surface area (Å²) in [5, 5.41) is 6.72. The Hall–Kier alpha value is -3.55. The summed E-state index contributed by atoms with van der Waals surface area (Å²) in [5.74, 6) is 2.45. The van der Waals surface area contributed by atoms with Crippen molar-refractivity contribution in [1.29, 1.82) is 0 Å². The summed E-state index contributed by atoms with van der Waals surface area (Å²) in [6.07, 6.45) is -0.143. The number of rotatable bonds is 9. The van der Waals surface area contributed by atoms with E-state index in [-0.39, 0.29) is 12.5 Å². The van der Waals surface area contributed by atoms with E-state index in [4.69, 9.17) is 18.7 Å². The van der Waals surface area contributed by atoms with Crippen LogP contribution in [0.3, 0.4) is 0 Å². The average Bonchev–Trinajstić information content (AvgIpc) is 3.25. The number of aromatic nitrogens is 2. The molecule has 0 saturated heterocycles. The second-order valence-corrected chi connectivity index (χ2v) is 6.15. The summed E-state index contributed by atoms with van der Waals surface area (Å²) < 4.78 is 21.3. The maximum atomic E-state index is 12.5. The van der Waals surface area contributed by atoms with Gasteiger partial charge in [0.2, 0.25) is 11.7 Å². The number of carbonyl (C=O) groups is 1. The highest BCUT2D eigenvalue weighted by Crippen LogP contribution is 2.21. The van der Waals surface area contributed by atoms with Crippen LogP contribution in [0.2, 0.25) is 0 Å². The summed E-state index contributed by atoms with van der Waals surface area (Å²) in [4.78, 5) is 16.8. The van der Waals surface area contributed by atoms with E-state index in [9.17, 15) is 4.79 Å². The molecule has 1 aromatic heterocycles. The maximum Gasteiger partial charge on any atom is 0.261 e. The van der Waals surface area contributed by atoms with E-state index in [2.05, 4.69) is 15.5 Å². The highest BCUT2D eigenvalue weighted by Gasteiger charge is 2.19. The number of hydrogen-bond acceptors (Lipinski definition) is 7. The fourth-order valence-corrected chi connectivity index (χ4v) is 2.62. The van der Waals surface area contributed by atoms with Gasteiger partial charge in [-0.15, -0.1) is 0 Å². The first-order valence-electron chi connectivity index (χ1n) is 9.18. The Balaban J connectivity index is 1.58. The molecule has 29 heavy (non-hydrogen) atoms. The Kier molecular flexibility index (Phi) is 6.67. The van der Waals surface area contributed by atoms with Gasteiger partial charge in [-0.25, -0.2) is 0 Å². The molecule has 0 aliphatic heterocycles. The van der Waals surface area contributed by atoms with Gasteiger partial charge in [0.1, 0.15) is 17.2 Å². The fraction of sp³-hybridized carbons (Fsp3) is 0.286. The van der Waals surface area contributed by atoms with Crippen molar-refractivity contribution in [3.8, 4) is 28.6 Å². The molecule has 1 heterocycles. The van der Waals surface area contributed by atoms with Gasteiger partial charge in [0.15, 0.2) is 6.10 Å². The molecule has 0 radical (unpaired) electrons. The van der Waals surface area contributed by atoms with Gasteiger partial charge in [0.05, 0.1) is 20.8 Å². The molecule has 152 valence electrons.